The largest absolute Gasteiger partial charge is 0.385 e. The zero-order valence-electron chi connectivity index (χ0n) is 16.4. The number of H-pyrrole nitrogens is 1. The number of nitrogens with one attached hydrogen (secondary N) is 3. The molecule has 0 radical (unpaired) electrons. The predicted octanol–water partition coefficient (Wildman–Crippen LogP) is 2.33. The highest BCUT2D eigenvalue weighted by Crippen LogP contribution is 2.34. The van der Waals surface area contributed by atoms with Crippen LogP contribution >= 0.6 is 0 Å². The molecule has 1 aliphatic heterocycles. The summed E-state index contributed by atoms with van der Waals surface area (Å²) in [5, 5.41) is 14.9. The molecule has 2 amide bonds. The summed E-state index contributed by atoms with van der Waals surface area (Å²) in [4.78, 5) is 39.0. The number of benzene rings is 1. The number of halogens is 1. The molecule has 2 heterocycles. The van der Waals surface area contributed by atoms with Gasteiger partial charge >= 0.3 is 0 Å². The molecule has 7 nitrogen and oxygen atoms in total. The van der Waals surface area contributed by atoms with Gasteiger partial charge in [-0.1, -0.05) is 0 Å². The van der Waals surface area contributed by atoms with E-state index in [-0.39, 0.29) is 30.6 Å². The average Bonchev–Trinajstić information content (AvgIpc) is 3.11. The molecule has 1 atom stereocenters. The van der Waals surface area contributed by atoms with E-state index in [9.17, 15) is 23.9 Å². The number of Topliss-reactive ketones (excluding diaryl/α,β-unsaturated/α-hetero) is 1. The summed E-state index contributed by atoms with van der Waals surface area (Å²) < 4.78 is 13.6. The number of fused-ring (bicyclic) bond motifs is 1. The van der Waals surface area contributed by atoms with Crippen molar-refractivity contribution in [2.45, 2.75) is 33.3 Å². The number of aliphatic hydroxyl groups is 1. The lowest BCUT2D eigenvalue weighted by atomic mass is 10.0. The van der Waals surface area contributed by atoms with Crippen molar-refractivity contribution in [2.75, 3.05) is 11.9 Å². The van der Waals surface area contributed by atoms with Gasteiger partial charge in [0, 0.05) is 29.2 Å². The van der Waals surface area contributed by atoms with E-state index in [4.69, 9.17) is 0 Å². The molecule has 0 spiro atoms. The van der Waals surface area contributed by atoms with E-state index in [0.717, 1.165) is 0 Å². The van der Waals surface area contributed by atoms with Gasteiger partial charge in [-0.15, -0.1) is 0 Å². The number of aromatic amines is 1. The van der Waals surface area contributed by atoms with Crippen molar-refractivity contribution in [3.05, 3.63) is 52.1 Å². The van der Waals surface area contributed by atoms with Gasteiger partial charge in [0.25, 0.3) is 11.8 Å². The van der Waals surface area contributed by atoms with E-state index in [1.54, 1.807) is 19.9 Å². The Balaban J connectivity index is 1.84. The topological polar surface area (TPSA) is 111 Å². The summed E-state index contributed by atoms with van der Waals surface area (Å²) in [7, 11) is 0. The van der Waals surface area contributed by atoms with Gasteiger partial charge in [0.2, 0.25) is 0 Å². The van der Waals surface area contributed by atoms with Crippen molar-refractivity contribution >= 4 is 34.9 Å². The third-order valence-corrected chi connectivity index (χ3v) is 4.93. The summed E-state index contributed by atoms with van der Waals surface area (Å²) >= 11 is 0. The first-order valence-electron chi connectivity index (χ1n) is 9.18. The van der Waals surface area contributed by atoms with Crippen molar-refractivity contribution in [2.24, 2.45) is 0 Å². The van der Waals surface area contributed by atoms with E-state index in [2.05, 4.69) is 15.6 Å². The fraction of sp³-hybridized carbons (Fsp3) is 0.286. The van der Waals surface area contributed by atoms with Crippen molar-refractivity contribution in [3.63, 3.8) is 0 Å². The molecule has 0 saturated carbocycles. The summed E-state index contributed by atoms with van der Waals surface area (Å²) in [5.74, 6) is -1.49. The van der Waals surface area contributed by atoms with Crippen LogP contribution in [0.5, 0.6) is 0 Å². The molecule has 2 aromatic rings. The van der Waals surface area contributed by atoms with Crippen LogP contribution in [0.1, 0.15) is 46.2 Å². The van der Waals surface area contributed by atoms with Gasteiger partial charge in [0.15, 0.2) is 5.78 Å². The second-order valence-corrected chi connectivity index (χ2v) is 7.04. The highest BCUT2D eigenvalue weighted by Gasteiger charge is 2.26. The Bertz CT molecular complexity index is 1040. The Morgan fingerprint density at radius 2 is 2.03 bits per heavy atom. The van der Waals surface area contributed by atoms with Crippen molar-refractivity contribution in [1.82, 2.24) is 10.3 Å². The lowest BCUT2D eigenvalue weighted by molar-refractivity contribution is -0.125. The number of hydrogen-bond acceptors (Lipinski definition) is 4. The first kappa shape index (κ1) is 20.5. The van der Waals surface area contributed by atoms with E-state index >= 15 is 0 Å². The van der Waals surface area contributed by atoms with Crippen LogP contribution in [-0.2, 0) is 9.59 Å². The molecule has 0 bridgehead atoms. The van der Waals surface area contributed by atoms with E-state index < -0.39 is 11.9 Å². The molecule has 4 N–H and O–H groups in total. The van der Waals surface area contributed by atoms with Crippen molar-refractivity contribution < 1.29 is 23.9 Å². The van der Waals surface area contributed by atoms with E-state index in [1.165, 1.54) is 25.1 Å². The first-order chi connectivity index (χ1) is 13.7. The number of carbonyl (C=O) groups is 3. The van der Waals surface area contributed by atoms with Gasteiger partial charge in [-0.2, -0.15) is 0 Å². The molecular weight excluding hydrogens is 377 g/mol. The lowest BCUT2D eigenvalue weighted by Crippen LogP contribution is -2.29. The van der Waals surface area contributed by atoms with Gasteiger partial charge < -0.3 is 20.7 Å². The van der Waals surface area contributed by atoms with Crippen LogP contribution in [0, 0.1) is 19.7 Å². The standard InChI is InChI=1S/C21H22FN3O4/c1-10-17(9-15-14-8-13(22)4-5-16(14)25-20(15)28)24-11(2)19(10)21(29)23-7-6-18(27)12(3)26/h4-5,8-9,18,24,27H,6-7H2,1-3H3,(H,23,29)(H,25,28)/b15-9-/t18-/m0/s1. The zero-order valence-corrected chi connectivity index (χ0v) is 16.4. The highest BCUT2D eigenvalue weighted by molar-refractivity contribution is 6.34. The Kier molecular flexibility index (Phi) is 5.65. The second kappa shape index (κ2) is 8.00. The molecule has 0 aliphatic carbocycles. The first-order valence-corrected chi connectivity index (χ1v) is 9.18. The Morgan fingerprint density at radius 1 is 1.31 bits per heavy atom. The summed E-state index contributed by atoms with van der Waals surface area (Å²) in [6.07, 6.45) is 0.618. The van der Waals surface area contributed by atoms with Crippen LogP contribution in [0.2, 0.25) is 0 Å². The summed E-state index contributed by atoms with van der Waals surface area (Å²) in [6, 6.07) is 4.07. The third kappa shape index (κ3) is 4.12. The molecule has 3 rings (SSSR count). The number of aryl methyl sites for hydroxylation is 1. The van der Waals surface area contributed by atoms with Crippen LogP contribution < -0.4 is 10.6 Å². The van der Waals surface area contributed by atoms with E-state index in [0.29, 0.717) is 39.3 Å². The molecule has 1 aromatic carbocycles. The van der Waals surface area contributed by atoms with Gasteiger partial charge in [-0.25, -0.2) is 4.39 Å². The Labute approximate surface area is 167 Å². The molecule has 0 fully saturated rings. The minimum absolute atomic E-state index is 0.128. The molecule has 8 heteroatoms. The maximum Gasteiger partial charge on any atom is 0.256 e. The number of aliphatic hydroxyl groups excluding tert-OH is 1. The number of amides is 2. The van der Waals surface area contributed by atoms with Crippen LogP contribution in [0.3, 0.4) is 0 Å². The maximum atomic E-state index is 13.6. The number of hydrogen-bond donors (Lipinski definition) is 4. The molecule has 0 unspecified atom stereocenters. The van der Waals surface area contributed by atoms with Crippen LogP contribution in [0.4, 0.5) is 10.1 Å². The number of anilines is 1. The minimum Gasteiger partial charge on any atom is -0.385 e. The molecule has 152 valence electrons. The normalized spacial score (nSPS) is 15.2. The molecule has 29 heavy (non-hydrogen) atoms. The molecule has 0 saturated heterocycles. The van der Waals surface area contributed by atoms with Crippen LogP contribution in [0.15, 0.2) is 18.2 Å². The van der Waals surface area contributed by atoms with Gasteiger partial charge in [-0.05, 0) is 57.0 Å². The van der Waals surface area contributed by atoms with Crippen molar-refractivity contribution in [3.8, 4) is 0 Å². The summed E-state index contributed by atoms with van der Waals surface area (Å²) in [5.41, 5.74) is 3.54. The lowest BCUT2D eigenvalue weighted by Gasteiger charge is -2.08. The molecule has 1 aliphatic rings. The number of ketones is 1. The quantitative estimate of drug-likeness (QED) is 0.559. The van der Waals surface area contributed by atoms with Gasteiger partial charge in [0.1, 0.15) is 11.9 Å². The number of aromatic nitrogens is 1. The van der Waals surface area contributed by atoms with Gasteiger partial charge in [-0.3, -0.25) is 14.4 Å². The molecular formula is C21H22FN3O4. The fourth-order valence-electron chi connectivity index (χ4n) is 3.32. The zero-order chi connectivity index (χ0) is 21.3. The highest BCUT2D eigenvalue weighted by atomic mass is 19.1. The number of carbonyl (C=O) groups excluding carboxylic acids is 3. The second-order valence-electron chi connectivity index (χ2n) is 7.04. The SMILES string of the molecule is CC(=O)[C@@H](O)CCNC(=O)c1c(C)[nH]c(/C=C2\C(=O)Nc3ccc(F)cc32)c1C. The summed E-state index contributed by atoms with van der Waals surface area (Å²) in [6.45, 7) is 4.91. The van der Waals surface area contributed by atoms with Crippen LogP contribution in [-0.4, -0.2) is 40.3 Å². The fourth-order valence-corrected chi connectivity index (χ4v) is 3.32. The van der Waals surface area contributed by atoms with Crippen LogP contribution in [0.25, 0.3) is 11.6 Å². The maximum absolute atomic E-state index is 13.6. The average molecular weight is 399 g/mol. The Hall–Kier alpha value is -3.26. The third-order valence-electron chi connectivity index (χ3n) is 4.93. The Morgan fingerprint density at radius 3 is 2.72 bits per heavy atom. The van der Waals surface area contributed by atoms with Crippen molar-refractivity contribution in [1.29, 1.82) is 0 Å². The van der Waals surface area contributed by atoms with Gasteiger partial charge in [0.05, 0.1) is 11.1 Å². The predicted molar refractivity (Wildman–Crippen MR) is 107 cm³/mol. The van der Waals surface area contributed by atoms with E-state index in [1.807, 2.05) is 0 Å². The minimum atomic E-state index is -1.11. The smallest absolute Gasteiger partial charge is 0.256 e. The molecule has 1 aromatic heterocycles. The number of rotatable bonds is 6. The monoisotopic (exact) mass is 399 g/mol.